The molecule has 112 valence electrons. The van der Waals surface area contributed by atoms with Crippen molar-refractivity contribution in [3.63, 3.8) is 0 Å². The van der Waals surface area contributed by atoms with E-state index >= 15 is 0 Å². The third-order valence-corrected chi connectivity index (χ3v) is 4.57. The average Bonchev–Trinajstić information content (AvgIpc) is 2.52. The topological polar surface area (TPSA) is 51.3 Å². The molecule has 0 aliphatic carbocycles. The van der Waals surface area contributed by atoms with E-state index < -0.39 is 0 Å². The molecule has 2 heterocycles. The number of hydrogen-bond donors (Lipinski definition) is 1. The average molecular weight is 285 g/mol. The number of piperidine rings is 1. The van der Waals surface area contributed by atoms with E-state index in [-0.39, 0.29) is 5.56 Å². The smallest absolute Gasteiger partial charge is 0.252 e. The van der Waals surface area contributed by atoms with Crippen LogP contribution in [0.5, 0.6) is 0 Å². The molecule has 1 atom stereocenters. The number of para-hydroxylation sites is 1. The Morgan fingerprint density at radius 3 is 2.90 bits per heavy atom. The summed E-state index contributed by atoms with van der Waals surface area (Å²) in [7, 11) is 1.84. The van der Waals surface area contributed by atoms with E-state index in [1.54, 1.807) is 10.6 Å². The summed E-state index contributed by atoms with van der Waals surface area (Å²) in [6, 6.07) is 10.4. The highest BCUT2D eigenvalue weighted by atomic mass is 16.1. The van der Waals surface area contributed by atoms with Gasteiger partial charge in [-0.05, 0) is 38.3 Å². The molecule has 21 heavy (non-hydrogen) atoms. The lowest BCUT2D eigenvalue weighted by Crippen LogP contribution is -2.41. The van der Waals surface area contributed by atoms with Gasteiger partial charge in [0.05, 0.1) is 11.2 Å². The second kappa shape index (κ2) is 5.90. The summed E-state index contributed by atoms with van der Waals surface area (Å²) in [6.07, 6.45) is 4.60. The summed E-state index contributed by atoms with van der Waals surface area (Å²) in [5.74, 6) is 0. The normalized spacial score (nSPS) is 19.1. The summed E-state index contributed by atoms with van der Waals surface area (Å²) in [5.41, 5.74) is 7.90. The third kappa shape index (κ3) is 2.56. The summed E-state index contributed by atoms with van der Waals surface area (Å²) in [5, 5.41) is 1.16. The van der Waals surface area contributed by atoms with Crippen LogP contribution in [0.1, 0.15) is 25.7 Å². The van der Waals surface area contributed by atoms with E-state index in [9.17, 15) is 4.79 Å². The van der Waals surface area contributed by atoms with Crippen LogP contribution in [0.15, 0.2) is 35.1 Å². The minimum absolute atomic E-state index is 0.0563. The first-order valence-electron chi connectivity index (χ1n) is 7.78. The lowest BCUT2D eigenvalue weighted by molar-refractivity contribution is 0.442. The van der Waals surface area contributed by atoms with E-state index in [2.05, 4.69) is 11.0 Å². The number of pyridine rings is 1. The van der Waals surface area contributed by atoms with Gasteiger partial charge in [-0.25, -0.2) is 0 Å². The van der Waals surface area contributed by atoms with Gasteiger partial charge < -0.3 is 15.2 Å². The molecule has 0 bridgehead atoms. The maximum atomic E-state index is 12.3. The number of fused-ring (bicyclic) bond motifs is 1. The minimum Gasteiger partial charge on any atom is -0.368 e. The van der Waals surface area contributed by atoms with Gasteiger partial charge in [0.25, 0.3) is 5.56 Å². The van der Waals surface area contributed by atoms with Crippen molar-refractivity contribution in [1.82, 2.24) is 4.57 Å². The molecule has 4 heteroatoms. The molecule has 1 unspecified atom stereocenters. The van der Waals surface area contributed by atoms with Crippen LogP contribution in [0.4, 0.5) is 5.69 Å². The summed E-state index contributed by atoms with van der Waals surface area (Å²) >= 11 is 0. The van der Waals surface area contributed by atoms with E-state index in [4.69, 9.17) is 5.73 Å². The minimum atomic E-state index is 0.0563. The molecule has 0 radical (unpaired) electrons. The van der Waals surface area contributed by atoms with Gasteiger partial charge in [0.1, 0.15) is 0 Å². The summed E-state index contributed by atoms with van der Waals surface area (Å²) in [4.78, 5) is 14.7. The molecule has 4 nitrogen and oxygen atoms in total. The Hall–Kier alpha value is -1.81. The number of nitrogens with zero attached hydrogens (tertiary/aromatic N) is 2. The Bertz CT molecular complexity index is 690. The zero-order chi connectivity index (χ0) is 14.8. The Balaban J connectivity index is 2.14. The maximum absolute atomic E-state index is 12.3. The van der Waals surface area contributed by atoms with Crippen LogP contribution in [0, 0.1) is 0 Å². The van der Waals surface area contributed by atoms with Crippen molar-refractivity contribution in [2.75, 3.05) is 18.0 Å². The third-order valence-electron chi connectivity index (χ3n) is 4.57. The molecule has 1 aliphatic heterocycles. The van der Waals surface area contributed by atoms with Gasteiger partial charge in [-0.15, -0.1) is 0 Å². The Labute approximate surface area is 125 Å². The van der Waals surface area contributed by atoms with E-state index in [0.717, 1.165) is 29.6 Å². The fourth-order valence-electron chi connectivity index (χ4n) is 3.44. The number of anilines is 1. The van der Waals surface area contributed by atoms with E-state index in [1.807, 2.05) is 25.2 Å². The number of benzene rings is 1. The fraction of sp³-hybridized carbons (Fsp3) is 0.471. The van der Waals surface area contributed by atoms with Gasteiger partial charge >= 0.3 is 0 Å². The van der Waals surface area contributed by atoms with E-state index in [1.165, 1.54) is 19.3 Å². The highest BCUT2D eigenvalue weighted by Gasteiger charge is 2.24. The van der Waals surface area contributed by atoms with Crippen molar-refractivity contribution in [2.45, 2.75) is 31.7 Å². The van der Waals surface area contributed by atoms with Crippen LogP contribution in [0.2, 0.25) is 0 Å². The molecule has 1 fully saturated rings. The van der Waals surface area contributed by atoms with Gasteiger partial charge in [-0.3, -0.25) is 4.79 Å². The van der Waals surface area contributed by atoms with Gasteiger partial charge in [0, 0.05) is 31.1 Å². The zero-order valence-electron chi connectivity index (χ0n) is 12.6. The zero-order valence-corrected chi connectivity index (χ0v) is 12.6. The highest BCUT2D eigenvalue weighted by Crippen LogP contribution is 2.31. The van der Waals surface area contributed by atoms with Crippen LogP contribution < -0.4 is 16.2 Å². The quantitative estimate of drug-likeness (QED) is 0.941. The molecule has 1 aromatic heterocycles. The molecule has 1 aromatic carbocycles. The maximum Gasteiger partial charge on any atom is 0.252 e. The van der Waals surface area contributed by atoms with Crippen LogP contribution in [0.25, 0.3) is 10.9 Å². The number of hydrogen-bond acceptors (Lipinski definition) is 3. The predicted octanol–water partition coefficient (Wildman–Crippen LogP) is 2.25. The Morgan fingerprint density at radius 1 is 1.29 bits per heavy atom. The lowest BCUT2D eigenvalue weighted by atomic mass is 9.97. The van der Waals surface area contributed by atoms with Crippen molar-refractivity contribution in [3.8, 4) is 0 Å². The Morgan fingerprint density at radius 2 is 2.10 bits per heavy atom. The number of nitrogens with two attached hydrogens (primary N) is 1. The number of rotatable bonds is 3. The van der Waals surface area contributed by atoms with Gasteiger partial charge in [0.2, 0.25) is 0 Å². The molecule has 2 aromatic rings. The van der Waals surface area contributed by atoms with Gasteiger partial charge in [0.15, 0.2) is 0 Å². The molecule has 2 N–H and O–H groups in total. The number of aryl methyl sites for hydroxylation is 1. The molecule has 0 spiro atoms. The largest absolute Gasteiger partial charge is 0.368 e. The first-order chi connectivity index (χ1) is 10.2. The van der Waals surface area contributed by atoms with Crippen LogP contribution >= 0.6 is 0 Å². The standard InChI is InChI=1S/C17H23N3O/c1-19-15-8-3-2-7-14(15)16(12-17(19)21)20-11-5-4-6-13(20)9-10-18/h2-3,7-8,12-13H,4-6,9-11,18H2,1H3. The van der Waals surface area contributed by atoms with Gasteiger partial charge in [-0.2, -0.15) is 0 Å². The second-order valence-electron chi connectivity index (χ2n) is 5.86. The highest BCUT2D eigenvalue weighted by molar-refractivity contribution is 5.92. The van der Waals surface area contributed by atoms with Crippen LogP contribution in [0.3, 0.4) is 0 Å². The molecular formula is C17H23N3O. The molecule has 1 saturated heterocycles. The first kappa shape index (κ1) is 14.1. The van der Waals surface area contributed by atoms with Crippen molar-refractivity contribution in [1.29, 1.82) is 0 Å². The van der Waals surface area contributed by atoms with Crippen molar-refractivity contribution < 1.29 is 0 Å². The SMILES string of the molecule is Cn1c(=O)cc(N2CCCCC2CCN)c2ccccc21. The van der Waals surface area contributed by atoms with Crippen molar-refractivity contribution >= 4 is 16.6 Å². The fourth-order valence-corrected chi connectivity index (χ4v) is 3.44. The monoisotopic (exact) mass is 285 g/mol. The second-order valence-corrected chi connectivity index (χ2v) is 5.86. The molecule has 0 saturated carbocycles. The summed E-state index contributed by atoms with van der Waals surface area (Å²) in [6.45, 7) is 1.71. The molecular weight excluding hydrogens is 262 g/mol. The van der Waals surface area contributed by atoms with Crippen molar-refractivity contribution in [3.05, 3.63) is 40.7 Å². The van der Waals surface area contributed by atoms with Gasteiger partial charge in [-0.1, -0.05) is 18.2 Å². The van der Waals surface area contributed by atoms with E-state index in [0.29, 0.717) is 12.6 Å². The molecule has 0 amide bonds. The molecule has 1 aliphatic rings. The van der Waals surface area contributed by atoms with Crippen LogP contribution in [-0.4, -0.2) is 23.7 Å². The Kier molecular flexibility index (Phi) is 3.97. The first-order valence-corrected chi connectivity index (χ1v) is 7.78. The van der Waals surface area contributed by atoms with Crippen LogP contribution in [-0.2, 0) is 7.05 Å². The predicted molar refractivity (Wildman–Crippen MR) is 87.8 cm³/mol. The molecule has 3 rings (SSSR count). The summed E-state index contributed by atoms with van der Waals surface area (Å²) < 4.78 is 1.72. The number of aromatic nitrogens is 1. The van der Waals surface area contributed by atoms with Crippen molar-refractivity contribution in [2.24, 2.45) is 12.8 Å². The lowest BCUT2D eigenvalue weighted by Gasteiger charge is -2.38.